The zero-order valence-electron chi connectivity index (χ0n) is 17.3. The van der Waals surface area contributed by atoms with Crippen molar-refractivity contribution in [1.82, 2.24) is 4.90 Å². The number of anilines is 1. The van der Waals surface area contributed by atoms with Crippen molar-refractivity contribution in [3.05, 3.63) is 64.2 Å². The molecule has 0 aliphatic carbocycles. The van der Waals surface area contributed by atoms with Gasteiger partial charge >= 0.3 is 5.97 Å². The van der Waals surface area contributed by atoms with Crippen LogP contribution in [0.2, 0.25) is 0 Å². The number of carbonyl (C=O) groups is 3. The normalized spacial score (nSPS) is 21.8. The van der Waals surface area contributed by atoms with Gasteiger partial charge in [0.2, 0.25) is 0 Å². The van der Waals surface area contributed by atoms with Gasteiger partial charge in [-0.2, -0.15) is 0 Å². The standard InChI is InChI=1S/C22H21N3O7/c1-22(20(27)23-16-12-15(25(29)30)9-10-18(16)32-22)21(28)24-11-5-8-17(24)19(26)31-13-14-6-3-2-4-7-14/h2-4,6-7,9-10,12,17H,5,8,11,13H2,1H3,(H,23,27)/t17-,22-/m0/s1. The topological polar surface area (TPSA) is 128 Å². The smallest absolute Gasteiger partial charge is 0.329 e. The predicted molar refractivity (Wildman–Crippen MR) is 112 cm³/mol. The highest BCUT2D eigenvalue weighted by Crippen LogP contribution is 2.37. The van der Waals surface area contributed by atoms with Crippen LogP contribution in [0.15, 0.2) is 48.5 Å². The van der Waals surface area contributed by atoms with Gasteiger partial charge in [-0.25, -0.2) is 4.79 Å². The third-order valence-electron chi connectivity index (χ3n) is 5.59. The molecule has 32 heavy (non-hydrogen) atoms. The lowest BCUT2D eigenvalue weighted by Crippen LogP contribution is -2.61. The number of carbonyl (C=O) groups excluding carboxylic acids is 3. The van der Waals surface area contributed by atoms with Crippen molar-refractivity contribution in [3.63, 3.8) is 0 Å². The minimum absolute atomic E-state index is 0.0820. The lowest BCUT2D eigenvalue weighted by Gasteiger charge is -2.37. The molecule has 10 heteroatoms. The molecule has 2 heterocycles. The van der Waals surface area contributed by atoms with Gasteiger partial charge in [0.25, 0.3) is 23.1 Å². The van der Waals surface area contributed by atoms with Gasteiger partial charge in [0, 0.05) is 18.7 Å². The van der Waals surface area contributed by atoms with E-state index < -0.39 is 34.3 Å². The molecule has 166 valence electrons. The van der Waals surface area contributed by atoms with Crippen LogP contribution in [0.25, 0.3) is 0 Å². The van der Waals surface area contributed by atoms with Gasteiger partial charge in [0.15, 0.2) is 0 Å². The van der Waals surface area contributed by atoms with Crippen molar-refractivity contribution in [1.29, 1.82) is 0 Å². The number of rotatable bonds is 5. The summed E-state index contributed by atoms with van der Waals surface area (Å²) in [6, 6.07) is 12.1. The van der Waals surface area contributed by atoms with E-state index in [1.54, 1.807) is 0 Å². The predicted octanol–water partition coefficient (Wildman–Crippen LogP) is 2.42. The minimum atomic E-state index is -1.93. The van der Waals surface area contributed by atoms with Crippen molar-refractivity contribution >= 4 is 29.2 Å². The van der Waals surface area contributed by atoms with E-state index in [0.29, 0.717) is 12.8 Å². The summed E-state index contributed by atoms with van der Waals surface area (Å²) in [5.74, 6) is -1.85. The maximum Gasteiger partial charge on any atom is 0.329 e. The fourth-order valence-electron chi connectivity index (χ4n) is 3.82. The molecule has 2 aromatic carbocycles. The molecule has 0 spiro atoms. The number of nitro groups is 1. The van der Waals surface area contributed by atoms with E-state index in [0.717, 1.165) is 11.6 Å². The first-order chi connectivity index (χ1) is 15.3. The molecule has 1 fully saturated rings. The summed E-state index contributed by atoms with van der Waals surface area (Å²) in [5, 5.41) is 13.5. The number of nitrogens with zero attached hydrogens (tertiary/aromatic N) is 2. The van der Waals surface area contributed by atoms with E-state index >= 15 is 0 Å². The highest BCUT2D eigenvalue weighted by molar-refractivity contribution is 6.16. The van der Waals surface area contributed by atoms with E-state index in [-0.39, 0.29) is 30.3 Å². The summed E-state index contributed by atoms with van der Waals surface area (Å²) in [6.07, 6.45) is 0.997. The zero-order chi connectivity index (χ0) is 22.9. The number of esters is 1. The second kappa shape index (κ2) is 8.29. The Labute approximate surface area is 183 Å². The molecule has 0 bridgehead atoms. The molecule has 2 atom stereocenters. The third-order valence-corrected chi connectivity index (χ3v) is 5.59. The summed E-state index contributed by atoms with van der Waals surface area (Å²) >= 11 is 0. The molecule has 2 amide bonds. The summed E-state index contributed by atoms with van der Waals surface area (Å²) in [4.78, 5) is 50.5. The average Bonchev–Trinajstić information content (AvgIpc) is 3.28. The number of nitro benzene ring substituents is 1. The first kappa shape index (κ1) is 21.3. The van der Waals surface area contributed by atoms with Crippen molar-refractivity contribution in [2.75, 3.05) is 11.9 Å². The molecular formula is C22H21N3O7. The molecule has 10 nitrogen and oxygen atoms in total. The Morgan fingerprint density at radius 3 is 2.75 bits per heavy atom. The maximum absolute atomic E-state index is 13.3. The molecule has 1 saturated heterocycles. The van der Waals surface area contributed by atoms with Gasteiger partial charge in [-0.15, -0.1) is 0 Å². The number of non-ortho nitro benzene ring substituents is 1. The highest BCUT2D eigenvalue weighted by Gasteiger charge is 2.52. The molecule has 2 aliphatic heterocycles. The van der Waals surface area contributed by atoms with E-state index in [9.17, 15) is 24.5 Å². The fourth-order valence-corrected chi connectivity index (χ4v) is 3.82. The number of hydrogen-bond acceptors (Lipinski definition) is 7. The second-order valence-corrected chi connectivity index (χ2v) is 7.78. The van der Waals surface area contributed by atoms with E-state index in [1.807, 2.05) is 30.3 Å². The molecular weight excluding hydrogens is 418 g/mol. The second-order valence-electron chi connectivity index (χ2n) is 7.78. The fraction of sp³-hybridized carbons (Fsp3) is 0.318. The quantitative estimate of drug-likeness (QED) is 0.328. The summed E-state index contributed by atoms with van der Waals surface area (Å²) in [6.45, 7) is 1.68. The number of fused-ring (bicyclic) bond motifs is 1. The average molecular weight is 439 g/mol. The lowest BCUT2D eigenvalue weighted by atomic mass is 10.00. The van der Waals surface area contributed by atoms with Crippen molar-refractivity contribution in [3.8, 4) is 5.75 Å². The largest absolute Gasteiger partial charge is 0.466 e. The Kier molecular flexibility index (Phi) is 5.52. The van der Waals surface area contributed by atoms with Crippen LogP contribution in [0, 0.1) is 10.1 Å². The Bertz CT molecular complexity index is 1090. The van der Waals surface area contributed by atoms with Crippen molar-refractivity contribution < 1.29 is 28.8 Å². The zero-order valence-corrected chi connectivity index (χ0v) is 17.3. The minimum Gasteiger partial charge on any atom is -0.466 e. The number of ether oxygens (including phenoxy) is 2. The van der Waals surface area contributed by atoms with E-state index in [1.165, 1.54) is 24.0 Å². The Morgan fingerprint density at radius 2 is 2.03 bits per heavy atom. The summed E-state index contributed by atoms with van der Waals surface area (Å²) in [5.41, 5.74) is -1.21. The number of likely N-dealkylation sites (tertiary alicyclic amines) is 1. The van der Waals surface area contributed by atoms with Crippen LogP contribution in [0.3, 0.4) is 0 Å². The molecule has 2 aromatic rings. The number of benzene rings is 2. The number of hydrogen-bond donors (Lipinski definition) is 1. The van der Waals surface area contributed by atoms with Gasteiger partial charge in [-0.05, 0) is 31.4 Å². The molecule has 4 rings (SSSR count). The number of nitrogens with one attached hydrogen (secondary N) is 1. The Hall–Kier alpha value is -3.95. The molecule has 2 aliphatic rings. The van der Waals surface area contributed by atoms with Crippen LogP contribution in [0.5, 0.6) is 5.75 Å². The lowest BCUT2D eigenvalue weighted by molar-refractivity contribution is -0.384. The molecule has 1 N–H and O–H groups in total. The number of amides is 2. The van der Waals surface area contributed by atoms with Crippen LogP contribution in [-0.4, -0.2) is 45.8 Å². The van der Waals surface area contributed by atoms with Crippen LogP contribution in [-0.2, 0) is 25.7 Å². The molecule has 0 radical (unpaired) electrons. The highest BCUT2D eigenvalue weighted by atomic mass is 16.6. The molecule has 0 unspecified atom stereocenters. The first-order valence-electron chi connectivity index (χ1n) is 10.1. The van der Waals surface area contributed by atoms with E-state index in [4.69, 9.17) is 9.47 Å². The van der Waals surface area contributed by atoms with Crippen LogP contribution in [0.4, 0.5) is 11.4 Å². The molecule has 0 saturated carbocycles. The van der Waals surface area contributed by atoms with E-state index in [2.05, 4.69) is 5.32 Å². The van der Waals surface area contributed by atoms with Crippen LogP contribution >= 0.6 is 0 Å². The van der Waals surface area contributed by atoms with Gasteiger partial charge in [0.1, 0.15) is 18.4 Å². The van der Waals surface area contributed by atoms with Crippen LogP contribution in [0.1, 0.15) is 25.3 Å². The summed E-state index contributed by atoms with van der Waals surface area (Å²) in [7, 11) is 0. The monoisotopic (exact) mass is 439 g/mol. The van der Waals surface area contributed by atoms with Gasteiger partial charge < -0.3 is 19.7 Å². The van der Waals surface area contributed by atoms with Gasteiger partial charge in [0.05, 0.1) is 10.6 Å². The van der Waals surface area contributed by atoms with Crippen molar-refractivity contribution in [2.24, 2.45) is 0 Å². The first-order valence-corrected chi connectivity index (χ1v) is 10.1. The van der Waals surface area contributed by atoms with Gasteiger partial charge in [-0.3, -0.25) is 19.7 Å². The van der Waals surface area contributed by atoms with Crippen LogP contribution < -0.4 is 10.1 Å². The Morgan fingerprint density at radius 1 is 1.28 bits per heavy atom. The van der Waals surface area contributed by atoms with Gasteiger partial charge in [-0.1, -0.05) is 30.3 Å². The third kappa shape index (κ3) is 3.86. The van der Waals surface area contributed by atoms with Crippen molar-refractivity contribution in [2.45, 2.75) is 38.0 Å². The summed E-state index contributed by atoms with van der Waals surface area (Å²) < 4.78 is 11.1. The Balaban J connectivity index is 1.50. The SMILES string of the molecule is C[C@]1(C(=O)N2CCC[C@H]2C(=O)OCc2ccccc2)Oc2ccc([N+](=O)[O-])cc2NC1=O. The molecule has 0 aromatic heterocycles. The maximum atomic E-state index is 13.3.